The van der Waals surface area contributed by atoms with E-state index >= 15 is 0 Å². The van der Waals surface area contributed by atoms with Crippen LogP contribution < -0.4 is 4.90 Å². The van der Waals surface area contributed by atoms with Crippen LogP contribution in [0.3, 0.4) is 0 Å². The van der Waals surface area contributed by atoms with Crippen LogP contribution in [0.15, 0.2) is 23.2 Å². The number of aromatic nitrogens is 1. The van der Waals surface area contributed by atoms with Gasteiger partial charge in [-0.3, -0.25) is 4.90 Å². The van der Waals surface area contributed by atoms with E-state index in [1.54, 1.807) is 17.0 Å². The van der Waals surface area contributed by atoms with Gasteiger partial charge in [0.25, 0.3) is 0 Å². The summed E-state index contributed by atoms with van der Waals surface area (Å²) in [5.41, 5.74) is -0.313. The highest BCUT2D eigenvalue weighted by molar-refractivity contribution is 7.90. The highest BCUT2D eigenvalue weighted by Gasteiger charge is 2.49. The second-order valence-corrected chi connectivity index (χ2v) is 7.85. The van der Waals surface area contributed by atoms with Crippen molar-refractivity contribution in [2.24, 2.45) is 0 Å². The Kier molecular flexibility index (Phi) is 3.51. The lowest BCUT2D eigenvalue weighted by Crippen LogP contribution is -2.61. The minimum atomic E-state index is -3.24. The number of nitrogens with zero attached hydrogens (tertiary/aromatic N) is 3. The number of cyclic esters (lactones) is 1. The molecule has 0 radical (unpaired) electrons. The van der Waals surface area contributed by atoms with Gasteiger partial charge in [-0.1, -0.05) is 6.92 Å². The van der Waals surface area contributed by atoms with E-state index in [1.807, 2.05) is 6.92 Å². The number of amides is 1. The molecule has 3 rings (SSSR count). The summed E-state index contributed by atoms with van der Waals surface area (Å²) < 4.78 is 28.2. The lowest BCUT2D eigenvalue weighted by Gasteiger charge is -2.44. The zero-order valence-electron chi connectivity index (χ0n) is 12.7. The number of rotatable bonds is 3. The van der Waals surface area contributed by atoms with Crippen LogP contribution in [0.1, 0.15) is 13.3 Å². The van der Waals surface area contributed by atoms with Crippen LogP contribution in [0.25, 0.3) is 0 Å². The van der Waals surface area contributed by atoms with Gasteiger partial charge in [0.1, 0.15) is 12.4 Å². The highest BCUT2D eigenvalue weighted by atomic mass is 32.2. The van der Waals surface area contributed by atoms with Crippen LogP contribution in [0, 0.1) is 0 Å². The molecule has 0 bridgehead atoms. The van der Waals surface area contributed by atoms with E-state index in [-0.39, 0.29) is 16.5 Å². The van der Waals surface area contributed by atoms with Gasteiger partial charge in [-0.05, 0) is 18.6 Å². The maximum Gasteiger partial charge on any atom is 0.410 e. The summed E-state index contributed by atoms with van der Waals surface area (Å²) in [4.78, 5) is 20.1. The summed E-state index contributed by atoms with van der Waals surface area (Å²) in [6.45, 7) is 4.31. The first-order valence-electron chi connectivity index (χ1n) is 7.21. The Morgan fingerprint density at radius 1 is 1.36 bits per heavy atom. The fraction of sp³-hybridized carbons (Fsp3) is 0.571. The van der Waals surface area contributed by atoms with Crippen LogP contribution >= 0.6 is 0 Å². The van der Waals surface area contributed by atoms with Crippen molar-refractivity contribution >= 4 is 21.7 Å². The number of hydrogen-bond donors (Lipinski definition) is 0. The topological polar surface area (TPSA) is 79.8 Å². The number of carbonyl (C=O) groups is 1. The summed E-state index contributed by atoms with van der Waals surface area (Å²) in [5.74, 6) is 0.722. The lowest BCUT2D eigenvalue weighted by atomic mass is 9.93. The summed E-state index contributed by atoms with van der Waals surface area (Å²) in [7, 11) is -3.24. The quantitative estimate of drug-likeness (QED) is 0.822. The summed E-state index contributed by atoms with van der Waals surface area (Å²) in [6.07, 6.45) is 3.10. The molecule has 0 aliphatic carbocycles. The number of piperazine rings is 1. The zero-order chi connectivity index (χ0) is 16.0. The molecule has 0 N–H and O–H groups in total. The highest BCUT2D eigenvalue weighted by Crippen LogP contribution is 2.33. The number of hydrogen-bond acceptors (Lipinski definition) is 6. The van der Waals surface area contributed by atoms with Gasteiger partial charge in [0, 0.05) is 32.1 Å². The molecule has 2 aliphatic rings. The molecule has 1 aromatic rings. The first-order chi connectivity index (χ1) is 10.4. The Bertz CT molecular complexity index is 689. The average molecular weight is 325 g/mol. The van der Waals surface area contributed by atoms with Crippen molar-refractivity contribution in [3.63, 3.8) is 0 Å². The van der Waals surface area contributed by atoms with Gasteiger partial charge in [0.05, 0.1) is 10.4 Å². The van der Waals surface area contributed by atoms with Crippen molar-refractivity contribution in [2.75, 3.05) is 37.4 Å². The van der Waals surface area contributed by atoms with Crippen molar-refractivity contribution in [3.05, 3.63) is 18.3 Å². The minimum Gasteiger partial charge on any atom is -0.447 e. The molecule has 0 saturated carbocycles. The molecular formula is C14H19N3O4S. The van der Waals surface area contributed by atoms with Gasteiger partial charge in [0.2, 0.25) is 0 Å². The Morgan fingerprint density at radius 3 is 2.73 bits per heavy atom. The van der Waals surface area contributed by atoms with Gasteiger partial charge >= 0.3 is 6.09 Å². The molecule has 7 nitrogen and oxygen atoms in total. The molecule has 22 heavy (non-hydrogen) atoms. The van der Waals surface area contributed by atoms with Crippen molar-refractivity contribution in [1.82, 2.24) is 9.88 Å². The van der Waals surface area contributed by atoms with Gasteiger partial charge in [-0.15, -0.1) is 0 Å². The van der Waals surface area contributed by atoms with E-state index in [0.717, 1.165) is 18.5 Å². The first kappa shape index (κ1) is 15.1. The largest absolute Gasteiger partial charge is 0.447 e. The summed E-state index contributed by atoms with van der Waals surface area (Å²) in [5, 5.41) is 0. The number of pyridine rings is 1. The Hall–Kier alpha value is -1.83. The van der Waals surface area contributed by atoms with Gasteiger partial charge in [-0.25, -0.2) is 18.2 Å². The molecule has 0 spiro atoms. The molecule has 3 heterocycles. The van der Waals surface area contributed by atoms with E-state index in [0.29, 0.717) is 26.2 Å². The molecule has 120 valence electrons. The molecular weight excluding hydrogens is 306 g/mol. The zero-order valence-corrected chi connectivity index (χ0v) is 13.5. The molecule has 1 atom stereocenters. The third-order valence-electron chi connectivity index (χ3n) is 4.47. The second-order valence-electron chi connectivity index (χ2n) is 5.83. The third kappa shape index (κ3) is 2.41. The lowest BCUT2D eigenvalue weighted by molar-refractivity contribution is 0.137. The van der Waals surface area contributed by atoms with E-state index in [9.17, 15) is 13.2 Å². The Labute approximate surface area is 129 Å². The van der Waals surface area contributed by atoms with E-state index in [4.69, 9.17) is 4.74 Å². The number of fused-ring (bicyclic) bond motifs is 1. The molecule has 8 heteroatoms. The average Bonchev–Trinajstić information content (AvgIpc) is 2.84. The van der Waals surface area contributed by atoms with Crippen molar-refractivity contribution in [2.45, 2.75) is 23.8 Å². The molecule has 2 aliphatic heterocycles. The predicted octanol–water partition coefficient (Wildman–Crippen LogP) is 0.906. The molecule has 1 unspecified atom stereocenters. The molecule has 2 fully saturated rings. The number of carbonyl (C=O) groups excluding carboxylic acids is 1. The SMILES string of the molecule is CCC12COC(=O)N1CCN(c1ccc(S(C)(=O)=O)cn1)C2. The first-order valence-corrected chi connectivity index (χ1v) is 9.10. The summed E-state index contributed by atoms with van der Waals surface area (Å²) in [6, 6.07) is 3.28. The number of anilines is 1. The standard InChI is InChI=1S/C14H19N3O4S/c1-3-14-9-16(6-7-17(14)13(18)21-10-14)12-5-4-11(8-15-12)22(2,19)20/h4-5,8H,3,6-7,9-10H2,1-2H3. The smallest absolute Gasteiger partial charge is 0.410 e. The van der Waals surface area contributed by atoms with Crippen molar-refractivity contribution in [1.29, 1.82) is 0 Å². The predicted molar refractivity (Wildman–Crippen MR) is 80.6 cm³/mol. The normalized spacial score (nSPS) is 25.1. The van der Waals surface area contributed by atoms with Crippen LogP contribution in [0.5, 0.6) is 0 Å². The van der Waals surface area contributed by atoms with Gasteiger partial charge in [0.15, 0.2) is 9.84 Å². The van der Waals surface area contributed by atoms with E-state index in [2.05, 4.69) is 9.88 Å². The fourth-order valence-electron chi connectivity index (χ4n) is 3.04. The number of ether oxygens (including phenoxy) is 1. The maximum atomic E-state index is 11.8. The van der Waals surface area contributed by atoms with Gasteiger partial charge < -0.3 is 9.64 Å². The minimum absolute atomic E-state index is 0.208. The van der Waals surface area contributed by atoms with E-state index in [1.165, 1.54) is 6.20 Å². The molecule has 2 saturated heterocycles. The second kappa shape index (κ2) is 5.12. The fourth-order valence-corrected chi connectivity index (χ4v) is 3.60. The molecule has 1 amide bonds. The monoisotopic (exact) mass is 325 g/mol. The van der Waals surface area contributed by atoms with Crippen LogP contribution in [-0.4, -0.2) is 62.4 Å². The van der Waals surface area contributed by atoms with Crippen LogP contribution in [-0.2, 0) is 14.6 Å². The van der Waals surface area contributed by atoms with Crippen molar-refractivity contribution in [3.8, 4) is 0 Å². The van der Waals surface area contributed by atoms with E-state index < -0.39 is 9.84 Å². The summed E-state index contributed by atoms with van der Waals surface area (Å²) >= 11 is 0. The maximum absolute atomic E-state index is 11.8. The van der Waals surface area contributed by atoms with Gasteiger partial charge in [-0.2, -0.15) is 0 Å². The Morgan fingerprint density at radius 2 is 2.14 bits per heavy atom. The molecule has 1 aromatic heterocycles. The molecule has 0 aromatic carbocycles. The third-order valence-corrected chi connectivity index (χ3v) is 5.56. The van der Waals surface area contributed by atoms with Crippen LogP contribution in [0.2, 0.25) is 0 Å². The number of sulfone groups is 1. The Balaban J connectivity index is 1.83. The van der Waals surface area contributed by atoms with Crippen molar-refractivity contribution < 1.29 is 17.9 Å². The van der Waals surface area contributed by atoms with Crippen LogP contribution in [0.4, 0.5) is 10.6 Å².